The van der Waals surface area contributed by atoms with Crippen molar-refractivity contribution in [3.8, 4) is 0 Å². The highest BCUT2D eigenvalue weighted by Crippen LogP contribution is 2.40. The van der Waals surface area contributed by atoms with Gasteiger partial charge in [-0.05, 0) is 24.8 Å². The summed E-state index contributed by atoms with van der Waals surface area (Å²) in [6, 6.07) is 1.92. The highest BCUT2D eigenvalue weighted by Gasteiger charge is 2.41. The van der Waals surface area contributed by atoms with E-state index in [9.17, 15) is 4.79 Å². The molecule has 7 heteroatoms. The molecule has 0 saturated carbocycles. The van der Waals surface area contributed by atoms with Crippen LogP contribution in [0.4, 0.5) is 5.95 Å². The van der Waals surface area contributed by atoms with Crippen molar-refractivity contribution in [1.82, 2.24) is 14.9 Å². The summed E-state index contributed by atoms with van der Waals surface area (Å²) in [5.41, 5.74) is 0.924. The van der Waals surface area contributed by atoms with Crippen LogP contribution in [0.3, 0.4) is 0 Å². The molecule has 2 fully saturated rings. The number of hydrogen-bond donors (Lipinski definition) is 0. The fourth-order valence-corrected chi connectivity index (χ4v) is 3.32. The lowest BCUT2D eigenvalue weighted by Crippen LogP contribution is -2.46. The lowest BCUT2D eigenvalue weighted by Gasteiger charge is -2.33. The van der Waals surface area contributed by atoms with Gasteiger partial charge < -0.3 is 19.3 Å². The standard InChI is InChI=1S/C16H24N4O3/c1-19(2)16-17-6-4-12(18-16)13-8-11-5-7-20(9-14(11)23-13)15(21)10-22-3/h4,6,11,13-14H,5,7-10H2,1-3H3/t11-,13-,14+/m0/s1. The van der Waals surface area contributed by atoms with E-state index in [1.54, 1.807) is 13.3 Å². The summed E-state index contributed by atoms with van der Waals surface area (Å²) < 4.78 is 11.1. The van der Waals surface area contributed by atoms with Crippen LogP contribution in [0.1, 0.15) is 24.6 Å². The summed E-state index contributed by atoms with van der Waals surface area (Å²) in [5, 5.41) is 0. The minimum Gasteiger partial charge on any atom is -0.375 e. The first kappa shape index (κ1) is 16.1. The van der Waals surface area contributed by atoms with Gasteiger partial charge in [-0.25, -0.2) is 9.97 Å². The van der Waals surface area contributed by atoms with Crippen molar-refractivity contribution in [2.24, 2.45) is 5.92 Å². The van der Waals surface area contributed by atoms with Crippen molar-refractivity contribution in [3.63, 3.8) is 0 Å². The predicted octanol–water partition coefficient (Wildman–Crippen LogP) is 0.868. The third kappa shape index (κ3) is 3.45. The topological polar surface area (TPSA) is 67.8 Å². The van der Waals surface area contributed by atoms with E-state index >= 15 is 0 Å². The Morgan fingerprint density at radius 1 is 1.52 bits per heavy atom. The van der Waals surface area contributed by atoms with Gasteiger partial charge in [0, 0.05) is 40.5 Å². The minimum atomic E-state index is -0.0100. The molecule has 0 aliphatic carbocycles. The number of rotatable bonds is 4. The molecule has 3 heterocycles. The molecule has 7 nitrogen and oxygen atoms in total. The summed E-state index contributed by atoms with van der Waals surface area (Å²) in [4.78, 5) is 24.5. The number of piperidine rings is 1. The van der Waals surface area contributed by atoms with E-state index in [1.807, 2.05) is 30.0 Å². The molecule has 3 atom stereocenters. The second-order valence-electron chi connectivity index (χ2n) is 6.40. The average molecular weight is 320 g/mol. The van der Waals surface area contributed by atoms with Gasteiger partial charge in [-0.2, -0.15) is 0 Å². The number of carbonyl (C=O) groups is 1. The molecule has 0 spiro atoms. The fourth-order valence-electron chi connectivity index (χ4n) is 3.32. The first-order valence-electron chi connectivity index (χ1n) is 8.01. The van der Waals surface area contributed by atoms with E-state index < -0.39 is 0 Å². The summed E-state index contributed by atoms with van der Waals surface area (Å²) in [5.74, 6) is 1.22. The maximum absolute atomic E-state index is 12.0. The van der Waals surface area contributed by atoms with Crippen LogP contribution in [0.2, 0.25) is 0 Å². The molecule has 2 saturated heterocycles. The van der Waals surface area contributed by atoms with Gasteiger partial charge in [0.25, 0.3) is 0 Å². The largest absolute Gasteiger partial charge is 0.375 e. The smallest absolute Gasteiger partial charge is 0.248 e. The number of aromatic nitrogens is 2. The Hall–Kier alpha value is -1.73. The summed E-state index contributed by atoms with van der Waals surface area (Å²) in [7, 11) is 5.39. The number of anilines is 1. The van der Waals surface area contributed by atoms with Crippen LogP contribution >= 0.6 is 0 Å². The maximum Gasteiger partial charge on any atom is 0.248 e. The van der Waals surface area contributed by atoms with Gasteiger partial charge in [0.05, 0.1) is 11.8 Å². The molecular weight excluding hydrogens is 296 g/mol. The van der Waals surface area contributed by atoms with Gasteiger partial charge in [-0.3, -0.25) is 4.79 Å². The normalized spacial score (nSPS) is 26.9. The van der Waals surface area contributed by atoms with Crippen LogP contribution < -0.4 is 4.90 Å². The molecule has 23 heavy (non-hydrogen) atoms. The molecule has 2 aliphatic rings. The third-order valence-electron chi connectivity index (χ3n) is 4.57. The molecule has 3 rings (SSSR count). The first-order chi connectivity index (χ1) is 11.1. The van der Waals surface area contributed by atoms with E-state index in [0.717, 1.165) is 25.1 Å². The number of likely N-dealkylation sites (tertiary alicyclic amines) is 1. The Morgan fingerprint density at radius 2 is 2.35 bits per heavy atom. The second kappa shape index (κ2) is 6.80. The van der Waals surface area contributed by atoms with Crippen molar-refractivity contribution in [1.29, 1.82) is 0 Å². The van der Waals surface area contributed by atoms with Gasteiger partial charge >= 0.3 is 0 Å². The highest BCUT2D eigenvalue weighted by molar-refractivity contribution is 5.77. The molecule has 126 valence electrons. The van der Waals surface area contributed by atoms with Crippen molar-refractivity contribution < 1.29 is 14.3 Å². The van der Waals surface area contributed by atoms with Gasteiger partial charge in [-0.15, -0.1) is 0 Å². The highest BCUT2D eigenvalue weighted by atomic mass is 16.5. The number of methoxy groups -OCH3 is 1. The van der Waals surface area contributed by atoms with E-state index in [0.29, 0.717) is 18.4 Å². The summed E-state index contributed by atoms with van der Waals surface area (Å²) in [6.07, 6.45) is 3.79. The van der Waals surface area contributed by atoms with Crippen LogP contribution in [0.15, 0.2) is 12.3 Å². The van der Waals surface area contributed by atoms with Gasteiger partial charge in [0.1, 0.15) is 12.7 Å². The van der Waals surface area contributed by atoms with E-state index in [4.69, 9.17) is 9.47 Å². The molecule has 1 aromatic heterocycles. The van der Waals surface area contributed by atoms with Gasteiger partial charge in [-0.1, -0.05) is 0 Å². The van der Waals surface area contributed by atoms with Crippen LogP contribution in [-0.4, -0.2) is 67.8 Å². The van der Waals surface area contributed by atoms with Gasteiger partial charge in [0.2, 0.25) is 11.9 Å². The molecule has 0 aromatic carbocycles. The molecule has 2 aliphatic heterocycles. The van der Waals surface area contributed by atoms with E-state index in [1.165, 1.54) is 0 Å². The molecular formula is C16H24N4O3. The summed E-state index contributed by atoms with van der Waals surface area (Å²) in [6.45, 7) is 1.57. The summed E-state index contributed by atoms with van der Waals surface area (Å²) >= 11 is 0. The van der Waals surface area contributed by atoms with Crippen molar-refractivity contribution >= 4 is 11.9 Å². The number of hydrogen-bond acceptors (Lipinski definition) is 6. The SMILES string of the molecule is COCC(=O)N1CC[C@H]2C[C@@H](c3ccnc(N(C)C)n3)O[C@@H]2C1. The number of amides is 1. The lowest BCUT2D eigenvalue weighted by molar-refractivity contribution is -0.139. The van der Waals surface area contributed by atoms with Crippen molar-refractivity contribution in [2.45, 2.75) is 25.0 Å². The first-order valence-corrected chi connectivity index (χ1v) is 8.01. The van der Waals surface area contributed by atoms with E-state index in [2.05, 4.69) is 9.97 Å². The maximum atomic E-state index is 12.0. The van der Waals surface area contributed by atoms with Crippen LogP contribution in [-0.2, 0) is 14.3 Å². The molecule has 0 N–H and O–H groups in total. The second-order valence-corrected chi connectivity index (χ2v) is 6.40. The van der Waals surface area contributed by atoms with Crippen LogP contribution in [0, 0.1) is 5.92 Å². The minimum absolute atomic E-state index is 0.0100. The van der Waals surface area contributed by atoms with Gasteiger partial charge in [0.15, 0.2) is 0 Å². The fraction of sp³-hybridized carbons (Fsp3) is 0.688. The zero-order valence-electron chi connectivity index (χ0n) is 13.9. The van der Waals surface area contributed by atoms with Crippen LogP contribution in [0.25, 0.3) is 0 Å². The zero-order valence-corrected chi connectivity index (χ0v) is 13.9. The molecule has 0 radical (unpaired) electrons. The number of carbonyl (C=O) groups excluding carboxylic acids is 1. The monoisotopic (exact) mass is 320 g/mol. The average Bonchev–Trinajstić information content (AvgIpc) is 2.98. The molecule has 0 unspecified atom stereocenters. The van der Waals surface area contributed by atoms with E-state index in [-0.39, 0.29) is 24.7 Å². The Labute approximate surface area is 136 Å². The number of ether oxygens (including phenoxy) is 2. The Balaban J connectivity index is 1.66. The predicted molar refractivity (Wildman–Crippen MR) is 85.2 cm³/mol. The molecule has 1 amide bonds. The number of nitrogens with zero attached hydrogens (tertiary/aromatic N) is 4. The zero-order chi connectivity index (χ0) is 16.4. The molecule has 1 aromatic rings. The Morgan fingerprint density at radius 3 is 3.09 bits per heavy atom. The van der Waals surface area contributed by atoms with Crippen LogP contribution in [0.5, 0.6) is 0 Å². The molecule has 0 bridgehead atoms. The lowest BCUT2D eigenvalue weighted by atomic mass is 9.91. The van der Waals surface area contributed by atoms with Crippen molar-refractivity contribution in [2.75, 3.05) is 45.8 Å². The van der Waals surface area contributed by atoms with Crippen molar-refractivity contribution in [3.05, 3.63) is 18.0 Å². The number of fused-ring (bicyclic) bond motifs is 1. The Bertz CT molecular complexity index is 566. The quantitative estimate of drug-likeness (QED) is 0.820. The Kier molecular flexibility index (Phi) is 4.77. The third-order valence-corrected chi connectivity index (χ3v) is 4.57.